The molecule has 0 saturated heterocycles. The third kappa shape index (κ3) is 14.7. The van der Waals surface area contributed by atoms with Crippen molar-refractivity contribution in [1.82, 2.24) is 14.5 Å². The van der Waals surface area contributed by atoms with E-state index in [0.717, 1.165) is 28.7 Å². The summed E-state index contributed by atoms with van der Waals surface area (Å²) in [6.45, 7) is 0. The Labute approximate surface area is 491 Å². The van der Waals surface area contributed by atoms with E-state index in [9.17, 15) is 9.59 Å². The molecule has 8 nitrogen and oxygen atoms in total. The van der Waals surface area contributed by atoms with Gasteiger partial charge in [-0.05, 0) is 63.8 Å². The van der Waals surface area contributed by atoms with Gasteiger partial charge in [0, 0.05) is 82.0 Å². The maximum absolute atomic E-state index is 17.0. The van der Waals surface area contributed by atoms with E-state index in [-0.39, 0.29) is 63.6 Å². The summed E-state index contributed by atoms with van der Waals surface area (Å²) in [5.41, 5.74) is 5.25. The number of carbonyl (C=O) groups excluding carboxylic acids is 5. The number of rotatable bonds is 20. The van der Waals surface area contributed by atoms with Crippen molar-refractivity contribution in [1.29, 1.82) is 0 Å². The maximum atomic E-state index is 17.0. The van der Waals surface area contributed by atoms with E-state index in [1.54, 1.807) is 72.9 Å². The Bertz CT molecular complexity index is 3620. The molecule has 0 aliphatic heterocycles. The monoisotopic (exact) mass is 1230 g/mol. The van der Waals surface area contributed by atoms with Crippen LogP contribution in [0.1, 0.15) is 49.5 Å². The number of amides is 1. The van der Waals surface area contributed by atoms with Crippen molar-refractivity contribution >= 4 is 83.2 Å². The number of aldehydes is 1. The van der Waals surface area contributed by atoms with Gasteiger partial charge in [-0.3, -0.25) is 19.2 Å². The van der Waals surface area contributed by atoms with Gasteiger partial charge in [0.2, 0.25) is 17.4 Å². The van der Waals surface area contributed by atoms with Gasteiger partial charge in [-0.25, -0.2) is 14.8 Å². The molecule has 0 bridgehead atoms. The predicted molar refractivity (Wildman–Crippen MR) is 312 cm³/mol. The predicted octanol–water partition coefficient (Wildman–Crippen LogP) is 14.9. The zero-order chi connectivity index (χ0) is 53.2. The number of carbonyl (C=O) groups is 5. The SMILES string of the molecule is O=Cc1sc(-c2ccnc([N+](C(=O)CC(=Cc3ccccc3)C(=O)C=Cc3ccccc3)(C(=Cc3ccccc3)C(=O)C=Cc3ccccc3)C(=Cc3ccccc3)C(=O)C=Cc3ccccc3)c2)nc1-c1ccccc1.[Pd].[Pd]. The van der Waals surface area contributed by atoms with Crippen LogP contribution in [-0.4, -0.2) is 39.5 Å². The average Bonchev–Trinajstić information content (AvgIpc) is 3.86. The normalized spacial score (nSPS) is 12.6. The number of hydrogen-bond donors (Lipinski definition) is 0. The zero-order valence-electron chi connectivity index (χ0n) is 42.3. The molecule has 2 aromatic heterocycles. The second-order valence-corrected chi connectivity index (χ2v) is 18.7. The summed E-state index contributed by atoms with van der Waals surface area (Å²) < 4.78 is -1.23. The first-order valence-electron chi connectivity index (χ1n) is 24.8. The third-order valence-corrected chi connectivity index (χ3v) is 13.5. The summed E-state index contributed by atoms with van der Waals surface area (Å²) in [5.74, 6) is -2.57. The molecule has 9 rings (SSSR count). The third-order valence-electron chi connectivity index (χ3n) is 12.4. The van der Waals surface area contributed by atoms with E-state index in [0.29, 0.717) is 49.0 Å². The molecule has 392 valence electrons. The molecule has 0 aliphatic rings. The standard InChI is InChI=1S/C68H50N3O5S.2Pd/c72-49-64-67(56-34-20-7-21-35-56)70-68(77-64)57-42-43-69-65(47-57)71(59(45-54-30-16-5-17-31-54)62(74)40-37-51-24-10-2-11-25-51,60(46-55-32-18-6-19-33-55)63(75)41-38-52-26-12-3-13-27-52)66(76)48-58(44-53-28-14-4-15-29-53)61(73)39-36-50-22-8-1-9-23-50;;/h1-47,49H,48H2;;/q+1;;. The first-order chi connectivity index (χ1) is 37.8. The van der Waals surface area contributed by atoms with Gasteiger partial charge in [-0.15, -0.1) is 15.8 Å². The van der Waals surface area contributed by atoms with Crippen LogP contribution in [0.4, 0.5) is 5.82 Å². The van der Waals surface area contributed by atoms with Gasteiger partial charge in [0.1, 0.15) is 5.01 Å². The van der Waals surface area contributed by atoms with Crippen LogP contribution < -0.4 is 4.48 Å². The number of allylic oxidation sites excluding steroid dienone is 3. The van der Waals surface area contributed by atoms with Crippen LogP contribution in [0.5, 0.6) is 0 Å². The van der Waals surface area contributed by atoms with Crippen LogP contribution in [0.2, 0.25) is 0 Å². The Morgan fingerprint density at radius 3 is 1.24 bits per heavy atom. The van der Waals surface area contributed by atoms with Crippen molar-refractivity contribution in [3.05, 3.63) is 304 Å². The number of nitrogens with zero attached hydrogens (tertiary/aromatic N) is 3. The summed E-state index contributed by atoms with van der Waals surface area (Å²) in [6, 6.07) is 67.9. The van der Waals surface area contributed by atoms with Crippen LogP contribution in [0.25, 0.3) is 58.3 Å². The molecule has 0 atom stereocenters. The number of pyridine rings is 1. The fraction of sp³-hybridized carbons (Fsp3) is 0.0147. The average molecular weight is 1230 g/mol. The van der Waals surface area contributed by atoms with E-state index < -0.39 is 34.2 Å². The number of thiazole rings is 1. The van der Waals surface area contributed by atoms with Gasteiger partial charge in [0.25, 0.3) is 0 Å². The molecule has 0 spiro atoms. The molecule has 0 N–H and O–H groups in total. The zero-order valence-corrected chi connectivity index (χ0v) is 46.3. The van der Waals surface area contributed by atoms with E-state index in [1.165, 1.54) is 24.4 Å². The van der Waals surface area contributed by atoms with Gasteiger partial charge in [-0.2, -0.15) is 0 Å². The Kier molecular flexibility index (Phi) is 21.1. The van der Waals surface area contributed by atoms with Gasteiger partial charge in [0.05, 0.1) is 17.0 Å². The Morgan fingerprint density at radius 2 is 0.823 bits per heavy atom. The number of benzene rings is 7. The first-order valence-corrected chi connectivity index (χ1v) is 25.6. The molecule has 2 heterocycles. The van der Waals surface area contributed by atoms with E-state index in [4.69, 9.17) is 9.97 Å². The molecule has 79 heavy (non-hydrogen) atoms. The largest absolute Gasteiger partial charge is 0.334 e. The first kappa shape index (κ1) is 58.1. The Hall–Kier alpha value is -8.61. The molecule has 9 aromatic rings. The summed E-state index contributed by atoms with van der Waals surface area (Å²) in [5, 5.41) is 0.416. The fourth-order valence-electron chi connectivity index (χ4n) is 8.65. The second-order valence-electron chi connectivity index (χ2n) is 17.6. The van der Waals surface area contributed by atoms with Crippen molar-refractivity contribution in [3.8, 4) is 21.8 Å². The van der Waals surface area contributed by atoms with Crippen LogP contribution in [-0.2, 0) is 60.0 Å². The van der Waals surface area contributed by atoms with Crippen LogP contribution >= 0.6 is 11.3 Å². The molecule has 7 aromatic carbocycles. The Morgan fingerprint density at radius 1 is 0.443 bits per heavy atom. The topological polar surface area (TPSA) is 111 Å². The van der Waals surface area contributed by atoms with Crippen molar-refractivity contribution in [2.24, 2.45) is 0 Å². The number of hydrogen-bond acceptors (Lipinski definition) is 8. The fourth-order valence-corrected chi connectivity index (χ4v) is 9.55. The number of aromatic nitrogens is 2. The molecule has 1 amide bonds. The smallest absolute Gasteiger partial charge is 0.297 e. The van der Waals surface area contributed by atoms with Crippen LogP contribution in [0, 0.1) is 0 Å². The minimum atomic E-state index is -1.23. The molecular formula is C68H50N3O5Pd2S+. The van der Waals surface area contributed by atoms with Crippen molar-refractivity contribution in [2.45, 2.75) is 6.42 Å². The van der Waals surface area contributed by atoms with Crippen molar-refractivity contribution < 1.29 is 64.8 Å². The molecule has 0 unspecified atom stereocenters. The van der Waals surface area contributed by atoms with Gasteiger partial charge < -0.3 is 0 Å². The molecule has 0 radical (unpaired) electrons. The van der Waals surface area contributed by atoms with E-state index in [1.807, 2.05) is 188 Å². The number of quaternary nitrogens is 1. The Balaban J connectivity index is 0.00000452. The molecule has 0 aliphatic carbocycles. The van der Waals surface area contributed by atoms with Gasteiger partial charge in [0.15, 0.2) is 23.5 Å². The van der Waals surface area contributed by atoms with Crippen molar-refractivity contribution in [2.75, 3.05) is 0 Å². The molecule has 11 heteroatoms. The van der Waals surface area contributed by atoms with E-state index >= 15 is 14.4 Å². The minimum absolute atomic E-state index is 0. The molecule has 0 saturated carbocycles. The molecule has 0 fully saturated rings. The molecular weight excluding hydrogens is 1180 g/mol. The summed E-state index contributed by atoms with van der Waals surface area (Å²) >= 11 is 1.16. The second kappa shape index (κ2) is 28.7. The van der Waals surface area contributed by atoms with Crippen LogP contribution in [0.15, 0.2) is 266 Å². The van der Waals surface area contributed by atoms with E-state index in [2.05, 4.69) is 0 Å². The minimum Gasteiger partial charge on any atom is -0.297 e. The quantitative estimate of drug-likeness (QED) is 0.0323. The summed E-state index contributed by atoms with van der Waals surface area (Å²) in [7, 11) is 0. The summed E-state index contributed by atoms with van der Waals surface area (Å²) in [4.78, 5) is 86.9. The summed E-state index contributed by atoms with van der Waals surface area (Å²) in [6.07, 6.45) is 15.7. The van der Waals surface area contributed by atoms with Crippen LogP contribution in [0.3, 0.4) is 0 Å². The number of ketones is 3. The van der Waals surface area contributed by atoms with Gasteiger partial charge in [-0.1, -0.05) is 231 Å². The maximum Gasteiger partial charge on any atom is 0.334 e. The van der Waals surface area contributed by atoms with Gasteiger partial charge >= 0.3 is 5.91 Å². The van der Waals surface area contributed by atoms with Crippen molar-refractivity contribution in [3.63, 3.8) is 0 Å².